The van der Waals surface area contributed by atoms with Gasteiger partial charge in [0.15, 0.2) is 6.23 Å². The highest BCUT2D eigenvalue weighted by atomic mass is 35.5. The van der Waals surface area contributed by atoms with E-state index in [0.717, 1.165) is 0 Å². The number of aliphatic hydroxyl groups excluding tert-OH is 1. The number of nitrogens with zero attached hydrogens (tertiary/aromatic N) is 3. The third-order valence-corrected chi connectivity index (χ3v) is 7.91. The number of hydrogen-bond donors (Lipinski definition) is 3. The molecule has 0 bridgehead atoms. The van der Waals surface area contributed by atoms with E-state index in [4.69, 9.17) is 35.6 Å². The van der Waals surface area contributed by atoms with Gasteiger partial charge in [-0.3, -0.25) is 13.6 Å². The molecule has 5 rings (SSSR count). The van der Waals surface area contributed by atoms with Crippen LogP contribution in [-0.4, -0.2) is 55.8 Å². The number of nitrogens with two attached hydrogens (primary N) is 1. The number of halogens is 2. The Labute approximate surface area is 204 Å². The number of benzene rings is 1. The fraction of sp³-hybridized carbons (Fsp3) is 0.429. The van der Waals surface area contributed by atoms with Gasteiger partial charge in [-0.05, 0) is 30.7 Å². The summed E-state index contributed by atoms with van der Waals surface area (Å²) in [5, 5.41) is 22.3. The Morgan fingerprint density at radius 3 is 2.97 bits per heavy atom. The molecule has 2 fully saturated rings. The number of phosphoric acid groups is 1. The molecule has 1 aromatic carbocycles. The van der Waals surface area contributed by atoms with Crippen molar-refractivity contribution >= 4 is 36.3 Å². The van der Waals surface area contributed by atoms with E-state index in [-0.39, 0.29) is 17.4 Å². The number of aromatic nitrogens is 3. The Kier molecular flexibility index (Phi) is 6.35. The molecule has 0 unspecified atom stereocenters. The van der Waals surface area contributed by atoms with Crippen LogP contribution in [0.15, 0.2) is 36.8 Å². The number of nitrogen functional groups attached to an aromatic ring is 1. The van der Waals surface area contributed by atoms with Gasteiger partial charge in [-0.1, -0.05) is 17.7 Å². The quantitative estimate of drug-likeness (QED) is 0.421. The van der Waals surface area contributed by atoms with Gasteiger partial charge in [-0.2, -0.15) is 0 Å². The van der Waals surface area contributed by atoms with E-state index in [1.165, 1.54) is 36.0 Å². The van der Waals surface area contributed by atoms with Crippen molar-refractivity contribution in [2.75, 3.05) is 18.9 Å². The van der Waals surface area contributed by atoms with Crippen LogP contribution < -0.4 is 5.73 Å². The van der Waals surface area contributed by atoms with E-state index in [0.29, 0.717) is 23.0 Å². The monoisotopic (exact) mass is 528 g/mol. The van der Waals surface area contributed by atoms with Crippen molar-refractivity contribution in [3.05, 3.63) is 53.2 Å². The van der Waals surface area contributed by atoms with Gasteiger partial charge in [0.2, 0.25) is 0 Å². The summed E-state index contributed by atoms with van der Waals surface area (Å²) in [6.07, 6.45) is -1.00. The van der Waals surface area contributed by atoms with E-state index in [2.05, 4.69) is 9.97 Å². The summed E-state index contributed by atoms with van der Waals surface area (Å²) in [7, 11) is -4.06. The second-order valence-electron chi connectivity index (χ2n) is 8.55. The highest BCUT2D eigenvalue weighted by Crippen LogP contribution is 2.57. The smallest absolute Gasteiger partial charge is 0.387 e. The topological polar surface area (TPSA) is 151 Å². The summed E-state index contributed by atoms with van der Waals surface area (Å²) in [6.45, 7) is 1.06. The molecule has 3 aromatic rings. The van der Waals surface area contributed by atoms with Gasteiger partial charge in [-0.15, -0.1) is 0 Å². The second-order valence-corrected chi connectivity index (χ2v) is 10.6. The first-order chi connectivity index (χ1) is 16.6. The summed E-state index contributed by atoms with van der Waals surface area (Å²) >= 11 is 5.85. The molecule has 2 aromatic heterocycles. The molecule has 2 saturated heterocycles. The lowest BCUT2D eigenvalue weighted by molar-refractivity contribution is -0.0950. The minimum atomic E-state index is -4.06. The summed E-state index contributed by atoms with van der Waals surface area (Å²) in [5.41, 5.74) is 5.05. The number of fused-ring (bicyclic) bond motifs is 1. The van der Waals surface area contributed by atoms with Crippen molar-refractivity contribution in [1.29, 1.82) is 0 Å². The van der Waals surface area contributed by atoms with Crippen LogP contribution in [0, 0.1) is 5.82 Å². The van der Waals surface area contributed by atoms with Gasteiger partial charge in [0, 0.05) is 12.6 Å². The average molecular weight is 529 g/mol. The van der Waals surface area contributed by atoms with E-state index in [1.54, 1.807) is 12.3 Å². The maximum Gasteiger partial charge on any atom is 0.475 e. The van der Waals surface area contributed by atoms with Gasteiger partial charge < -0.3 is 25.3 Å². The van der Waals surface area contributed by atoms with E-state index >= 15 is 0 Å². The fourth-order valence-corrected chi connectivity index (χ4v) is 5.82. The summed E-state index contributed by atoms with van der Waals surface area (Å²) in [4.78, 5) is 8.13. The Bertz CT molecular complexity index is 1310. The standard InChI is InChI=1S/C21H23ClFN4O7P/c1-21(29)17(28)16(33-20(21)27-6-4-12-18(24)25-10-26-19(12)27)9-32-35(30)31-7-5-15(34-35)11-2-3-14(23)13(22)8-11/h2-4,6,8,10,15-17,20,28-29H,5,7,9H2,1H3,(H2,24,25,26)/t15-,16+,17+,20+,21+,35+/m0/s1. The summed E-state index contributed by atoms with van der Waals surface area (Å²) in [6, 6.07) is 5.73. The number of aliphatic hydroxyl groups is 2. The fourth-order valence-electron chi connectivity index (χ4n) is 4.24. The molecule has 0 radical (unpaired) electrons. The van der Waals surface area contributed by atoms with Gasteiger partial charge in [0.25, 0.3) is 0 Å². The van der Waals surface area contributed by atoms with Gasteiger partial charge >= 0.3 is 7.82 Å². The first kappa shape index (κ1) is 24.5. The van der Waals surface area contributed by atoms with Crippen LogP contribution in [0.5, 0.6) is 0 Å². The first-order valence-electron chi connectivity index (χ1n) is 10.7. The van der Waals surface area contributed by atoms with Crippen LogP contribution in [0.1, 0.15) is 31.2 Å². The third-order valence-electron chi connectivity index (χ3n) is 6.15. The second kappa shape index (κ2) is 9.06. The molecule has 4 N–H and O–H groups in total. The molecule has 188 valence electrons. The highest BCUT2D eigenvalue weighted by Gasteiger charge is 2.54. The van der Waals surface area contributed by atoms with Crippen molar-refractivity contribution < 1.29 is 37.5 Å². The number of phosphoric ester groups is 1. The minimum Gasteiger partial charge on any atom is -0.387 e. The number of ether oxygens (including phenoxy) is 1. The van der Waals surface area contributed by atoms with Crippen LogP contribution in [0.25, 0.3) is 11.0 Å². The molecular formula is C21H23ClFN4O7P. The number of anilines is 1. The van der Waals surface area contributed by atoms with E-state index in [1.807, 2.05) is 0 Å². The van der Waals surface area contributed by atoms with E-state index in [9.17, 15) is 19.2 Å². The molecular weight excluding hydrogens is 506 g/mol. The average Bonchev–Trinajstić information content (AvgIpc) is 3.34. The molecule has 0 aliphatic carbocycles. The first-order valence-corrected chi connectivity index (χ1v) is 12.6. The molecule has 0 spiro atoms. The van der Waals surface area contributed by atoms with Gasteiger partial charge in [0.05, 0.1) is 29.7 Å². The van der Waals surface area contributed by atoms with Crippen molar-refractivity contribution in [2.45, 2.75) is 43.5 Å². The zero-order valence-electron chi connectivity index (χ0n) is 18.5. The molecule has 2 aliphatic heterocycles. The highest BCUT2D eigenvalue weighted by molar-refractivity contribution is 7.48. The molecule has 0 amide bonds. The lowest BCUT2D eigenvalue weighted by atomic mass is 9.96. The zero-order chi connectivity index (χ0) is 25.0. The lowest BCUT2D eigenvalue weighted by Gasteiger charge is -2.30. The summed E-state index contributed by atoms with van der Waals surface area (Å²) < 4.78 is 50.3. The van der Waals surface area contributed by atoms with Crippen LogP contribution >= 0.6 is 19.4 Å². The van der Waals surface area contributed by atoms with Crippen LogP contribution in [0.4, 0.5) is 10.2 Å². The maximum absolute atomic E-state index is 13.5. The minimum absolute atomic E-state index is 0.0574. The largest absolute Gasteiger partial charge is 0.475 e. The maximum atomic E-state index is 13.5. The molecule has 4 heterocycles. The number of rotatable bonds is 5. The molecule has 14 heteroatoms. The van der Waals surface area contributed by atoms with E-state index < -0.39 is 50.4 Å². The van der Waals surface area contributed by atoms with Crippen molar-refractivity contribution in [3.8, 4) is 0 Å². The molecule has 11 nitrogen and oxygen atoms in total. The van der Waals surface area contributed by atoms with Crippen molar-refractivity contribution in [1.82, 2.24) is 14.5 Å². The number of hydrogen-bond acceptors (Lipinski definition) is 10. The van der Waals surface area contributed by atoms with Crippen molar-refractivity contribution in [3.63, 3.8) is 0 Å². The normalized spacial score (nSPS) is 33.4. The third kappa shape index (κ3) is 4.45. The molecule has 6 atom stereocenters. The van der Waals surface area contributed by atoms with Crippen LogP contribution in [0.2, 0.25) is 5.02 Å². The molecule has 35 heavy (non-hydrogen) atoms. The Morgan fingerprint density at radius 2 is 2.20 bits per heavy atom. The SMILES string of the molecule is C[C@@]1(O)[C@H](O)[C@@H](CO[P@@]2(=O)OCC[C@@H](c3ccc(F)c(Cl)c3)O2)O[C@H]1n1ccc2c(N)ncnc21. The van der Waals surface area contributed by atoms with Crippen LogP contribution in [0.3, 0.4) is 0 Å². The Hall–Kier alpha value is -2.15. The Morgan fingerprint density at radius 1 is 1.40 bits per heavy atom. The molecule has 2 aliphatic rings. The predicted molar refractivity (Wildman–Crippen MR) is 122 cm³/mol. The van der Waals surface area contributed by atoms with Crippen molar-refractivity contribution in [2.24, 2.45) is 0 Å². The van der Waals surface area contributed by atoms with Gasteiger partial charge in [-0.25, -0.2) is 18.9 Å². The summed E-state index contributed by atoms with van der Waals surface area (Å²) in [5.74, 6) is -0.325. The lowest BCUT2D eigenvalue weighted by Crippen LogP contribution is -2.44. The van der Waals surface area contributed by atoms with Gasteiger partial charge in [0.1, 0.15) is 41.4 Å². The molecule has 0 saturated carbocycles. The zero-order valence-corrected chi connectivity index (χ0v) is 20.1. The van der Waals surface area contributed by atoms with Crippen LogP contribution in [-0.2, 0) is 22.9 Å². The Balaban J connectivity index is 1.30. The predicted octanol–water partition coefficient (Wildman–Crippen LogP) is 3.12.